The van der Waals surface area contributed by atoms with Gasteiger partial charge in [0.15, 0.2) is 0 Å². The van der Waals surface area contributed by atoms with Gasteiger partial charge in [0.2, 0.25) is 5.78 Å². The molecule has 1 aliphatic heterocycles. The normalized spacial score (nSPS) is 16.4. The minimum atomic E-state index is 0.626. The van der Waals surface area contributed by atoms with E-state index in [-0.39, 0.29) is 0 Å². The van der Waals surface area contributed by atoms with Gasteiger partial charge in [0.25, 0.3) is 0 Å². The fourth-order valence-electron chi connectivity index (χ4n) is 6.20. The van der Waals surface area contributed by atoms with Crippen molar-refractivity contribution in [1.82, 2.24) is 23.8 Å². The minimum Gasteiger partial charge on any atom is -0.290 e. The molecule has 0 N–H and O–H groups in total. The predicted octanol–water partition coefficient (Wildman–Crippen LogP) is 7.13. The zero-order valence-electron chi connectivity index (χ0n) is 22.8. The van der Waals surface area contributed by atoms with Gasteiger partial charge in [0, 0.05) is 25.3 Å². The first-order valence-electron chi connectivity index (χ1n) is 13.7. The molecule has 2 aromatic heterocycles. The number of halogens is 1. The highest BCUT2D eigenvalue weighted by molar-refractivity contribution is 6.32. The van der Waals surface area contributed by atoms with Gasteiger partial charge in [-0.15, -0.1) is 0 Å². The summed E-state index contributed by atoms with van der Waals surface area (Å²) in [4.78, 5) is 10.4. The maximum Gasteiger partial charge on any atom is 0.220 e. The van der Waals surface area contributed by atoms with Gasteiger partial charge in [-0.05, 0) is 74.5 Å². The molecule has 1 unspecified atom stereocenters. The van der Waals surface area contributed by atoms with E-state index in [0.29, 0.717) is 5.92 Å². The average molecular weight is 526 g/mol. The van der Waals surface area contributed by atoms with E-state index in [4.69, 9.17) is 16.6 Å². The zero-order valence-corrected chi connectivity index (χ0v) is 23.5. The Bertz CT molecular complexity index is 1580. The SMILES string of the molecule is CCN(Cc1nc2n(-c3c(C)cc(C)cc3Cl)c3ccccc3n2c1C)CN1CCC(c2ccccc2)C1. The third-order valence-electron chi connectivity index (χ3n) is 8.14. The molecule has 5 aromatic rings. The van der Waals surface area contributed by atoms with Crippen molar-refractivity contribution in [3.8, 4) is 5.69 Å². The number of hydrogen-bond acceptors (Lipinski definition) is 3. The first kappa shape index (κ1) is 25.2. The van der Waals surface area contributed by atoms with Gasteiger partial charge in [-0.1, -0.05) is 67.1 Å². The fourth-order valence-corrected chi connectivity index (χ4v) is 6.60. The van der Waals surface area contributed by atoms with Crippen molar-refractivity contribution >= 4 is 28.4 Å². The molecule has 0 radical (unpaired) electrons. The lowest BCUT2D eigenvalue weighted by Gasteiger charge is -2.26. The maximum absolute atomic E-state index is 6.86. The van der Waals surface area contributed by atoms with E-state index in [1.54, 1.807) is 0 Å². The van der Waals surface area contributed by atoms with Gasteiger partial charge >= 0.3 is 0 Å². The summed E-state index contributed by atoms with van der Waals surface area (Å²) in [6, 6.07) is 23.7. The molecule has 1 aliphatic rings. The van der Waals surface area contributed by atoms with E-state index in [1.807, 2.05) is 6.07 Å². The van der Waals surface area contributed by atoms with Crippen LogP contribution in [0.3, 0.4) is 0 Å². The van der Waals surface area contributed by atoms with Gasteiger partial charge in [0.05, 0.1) is 34.1 Å². The van der Waals surface area contributed by atoms with Gasteiger partial charge < -0.3 is 0 Å². The Hall–Kier alpha value is -3.12. The van der Waals surface area contributed by atoms with Crippen molar-refractivity contribution in [2.24, 2.45) is 0 Å². The second kappa shape index (κ2) is 10.2. The quantitative estimate of drug-likeness (QED) is 0.226. The number of aromatic nitrogens is 3. The lowest BCUT2D eigenvalue weighted by atomic mass is 9.99. The molecule has 5 nitrogen and oxygen atoms in total. The van der Waals surface area contributed by atoms with Gasteiger partial charge in [0.1, 0.15) is 0 Å². The van der Waals surface area contributed by atoms with Crippen molar-refractivity contribution in [2.45, 2.75) is 46.6 Å². The van der Waals surface area contributed by atoms with E-state index < -0.39 is 0 Å². The smallest absolute Gasteiger partial charge is 0.220 e. The third kappa shape index (κ3) is 4.43. The number of nitrogens with zero attached hydrogens (tertiary/aromatic N) is 5. The van der Waals surface area contributed by atoms with Crippen molar-refractivity contribution in [3.05, 3.63) is 99.8 Å². The summed E-state index contributed by atoms with van der Waals surface area (Å²) < 4.78 is 4.54. The monoisotopic (exact) mass is 525 g/mol. The molecule has 3 heterocycles. The van der Waals surface area contributed by atoms with Crippen molar-refractivity contribution in [1.29, 1.82) is 0 Å². The summed E-state index contributed by atoms with van der Waals surface area (Å²) in [5.74, 6) is 1.55. The second-order valence-electron chi connectivity index (χ2n) is 10.8. The molecule has 38 heavy (non-hydrogen) atoms. The highest BCUT2D eigenvalue weighted by Crippen LogP contribution is 2.34. The third-order valence-corrected chi connectivity index (χ3v) is 8.43. The number of rotatable bonds is 7. The van der Waals surface area contributed by atoms with E-state index in [1.165, 1.54) is 23.2 Å². The first-order chi connectivity index (χ1) is 18.4. The summed E-state index contributed by atoms with van der Waals surface area (Å²) in [6.45, 7) is 13.7. The van der Waals surface area contributed by atoms with Crippen LogP contribution in [0.2, 0.25) is 5.02 Å². The summed E-state index contributed by atoms with van der Waals surface area (Å²) in [7, 11) is 0. The topological polar surface area (TPSA) is 28.7 Å². The number of aryl methyl sites for hydroxylation is 3. The van der Waals surface area contributed by atoms with E-state index in [0.717, 1.165) is 71.6 Å². The van der Waals surface area contributed by atoms with Crippen LogP contribution in [0, 0.1) is 20.8 Å². The highest BCUT2D eigenvalue weighted by Gasteiger charge is 2.26. The van der Waals surface area contributed by atoms with Crippen molar-refractivity contribution < 1.29 is 0 Å². The van der Waals surface area contributed by atoms with E-state index in [9.17, 15) is 0 Å². The standard InChI is InChI=1S/C32H36ClN5/c1-5-35(21-36-16-15-26(19-36)25-11-7-6-8-12-25)20-28-24(4)37-29-13-9-10-14-30(29)38(32(37)34-28)31-23(3)17-22(2)18-27(31)33/h6-14,17-18,26H,5,15-16,19-21H2,1-4H3. The summed E-state index contributed by atoms with van der Waals surface area (Å²) in [6.07, 6.45) is 1.22. The van der Waals surface area contributed by atoms with Crippen molar-refractivity contribution in [2.75, 3.05) is 26.3 Å². The molecular weight excluding hydrogens is 490 g/mol. The van der Waals surface area contributed by atoms with Crippen LogP contribution in [-0.4, -0.2) is 50.1 Å². The summed E-state index contributed by atoms with van der Waals surface area (Å²) in [5.41, 5.74) is 9.38. The molecule has 6 rings (SSSR count). The van der Waals surface area contributed by atoms with E-state index >= 15 is 0 Å². The lowest BCUT2D eigenvalue weighted by molar-refractivity contribution is 0.150. The number of para-hydroxylation sites is 2. The minimum absolute atomic E-state index is 0.626. The van der Waals surface area contributed by atoms with Gasteiger partial charge in [-0.25, -0.2) is 4.98 Å². The number of likely N-dealkylation sites (tertiary alicyclic amines) is 1. The van der Waals surface area contributed by atoms with Gasteiger partial charge in [-0.3, -0.25) is 18.8 Å². The van der Waals surface area contributed by atoms with Gasteiger partial charge in [-0.2, -0.15) is 0 Å². The fraction of sp³-hybridized carbons (Fsp3) is 0.344. The molecule has 1 saturated heterocycles. The molecule has 196 valence electrons. The second-order valence-corrected chi connectivity index (χ2v) is 11.2. The molecule has 0 spiro atoms. The Balaban J connectivity index is 1.33. The molecule has 0 saturated carbocycles. The number of hydrogen-bond donors (Lipinski definition) is 0. The molecule has 6 heteroatoms. The zero-order chi connectivity index (χ0) is 26.4. The highest BCUT2D eigenvalue weighted by atomic mass is 35.5. The Morgan fingerprint density at radius 2 is 1.71 bits per heavy atom. The van der Waals surface area contributed by atoms with Crippen LogP contribution >= 0.6 is 11.6 Å². The molecule has 3 aromatic carbocycles. The van der Waals surface area contributed by atoms with E-state index in [2.05, 4.69) is 107 Å². The Morgan fingerprint density at radius 3 is 2.45 bits per heavy atom. The Kier molecular flexibility index (Phi) is 6.77. The predicted molar refractivity (Wildman–Crippen MR) is 158 cm³/mol. The average Bonchev–Trinajstić information content (AvgIpc) is 3.59. The summed E-state index contributed by atoms with van der Waals surface area (Å²) in [5, 5.41) is 0.755. The van der Waals surface area contributed by atoms with Crippen LogP contribution in [0.5, 0.6) is 0 Å². The molecular formula is C32H36ClN5. The maximum atomic E-state index is 6.86. The van der Waals surface area contributed by atoms with Crippen LogP contribution in [0.15, 0.2) is 66.7 Å². The Morgan fingerprint density at radius 1 is 0.974 bits per heavy atom. The molecule has 0 aliphatic carbocycles. The molecule has 0 amide bonds. The van der Waals surface area contributed by atoms with Crippen LogP contribution in [0.1, 0.15) is 47.3 Å². The number of fused-ring (bicyclic) bond motifs is 3. The van der Waals surface area contributed by atoms with Crippen LogP contribution in [0.25, 0.3) is 22.5 Å². The van der Waals surface area contributed by atoms with Crippen LogP contribution in [0.4, 0.5) is 0 Å². The largest absolute Gasteiger partial charge is 0.290 e. The lowest BCUT2D eigenvalue weighted by Crippen LogP contribution is -2.36. The number of benzene rings is 3. The Labute approximate surface area is 230 Å². The molecule has 1 atom stereocenters. The van der Waals surface area contributed by atoms with Crippen LogP contribution < -0.4 is 0 Å². The number of imidazole rings is 2. The van der Waals surface area contributed by atoms with Crippen molar-refractivity contribution in [3.63, 3.8) is 0 Å². The summed E-state index contributed by atoms with van der Waals surface area (Å²) >= 11 is 6.86. The first-order valence-corrected chi connectivity index (χ1v) is 14.1. The molecule has 1 fully saturated rings. The molecule has 0 bridgehead atoms. The van der Waals surface area contributed by atoms with Crippen LogP contribution in [-0.2, 0) is 6.54 Å².